The van der Waals surface area contributed by atoms with Gasteiger partial charge in [0.15, 0.2) is 0 Å². The second kappa shape index (κ2) is 6.18. The maximum Gasteiger partial charge on any atom is 0.303 e. The molecule has 0 bridgehead atoms. The number of aliphatic carboxylic acids is 1. The van der Waals surface area contributed by atoms with E-state index in [9.17, 15) is 9.59 Å². The lowest BCUT2D eigenvalue weighted by Gasteiger charge is -2.29. The Labute approximate surface area is 108 Å². The molecule has 0 radical (unpaired) electrons. The molecule has 1 atom stereocenters. The number of nitrogens with zero attached hydrogens (tertiary/aromatic N) is 1. The Morgan fingerprint density at radius 2 is 2.06 bits per heavy atom. The quantitative estimate of drug-likeness (QED) is 0.785. The molecule has 2 fully saturated rings. The average Bonchev–Trinajstić information content (AvgIpc) is 2.79. The fraction of sp³-hybridized carbons (Fsp3) is 0.846. The standard InChI is InChI=1S/C13H22N2O3/c16-12(17)7-6-11-13(18)15(9-3-8-14-11)10-4-1-2-5-10/h10-11,14H,1-9H2,(H,16,17). The lowest BCUT2D eigenvalue weighted by Crippen LogP contribution is -2.47. The number of rotatable bonds is 4. The fourth-order valence-electron chi connectivity index (χ4n) is 3.00. The minimum atomic E-state index is -0.832. The highest BCUT2D eigenvalue weighted by molar-refractivity contribution is 5.83. The van der Waals surface area contributed by atoms with Crippen molar-refractivity contribution < 1.29 is 14.7 Å². The number of amides is 1. The summed E-state index contributed by atoms with van der Waals surface area (Å²) < 4.78 is 0. The second-order valence-corrected chi connectivity index (χ2v) is 5.26. The van der Waals surface area contributed by atoms with Crippen molar-refractivity contribution in [2.75, 3.05) is 13.1 Å². The number of carboxylic acid groups (broad SMARTS) is 1. The van der Waals surface area contributed by atoms with E-state index in [4.69, 9.17) is 5.11 Å². The number of carbonyl (C=O) groups is 2. The molecule has 1 unspecified atom stereocenters. The van der Waals surface area contributed by atoms with Crippen LogP contribution in [0.15, 0.2) is 0 Å². The smallest absolute Gasteiger partial charge is 0.303 e. The van der Waals surface area contributed by atoms with Crippen LogP contribution in [-0.2, 0) is 9.59 Å². The van der Waals surface area contributed by atoms with Crippen LogP contribution in [0, 0.1) is 0 Å². The zero-order valence-electron chi connectivity index (χ0n) is 10.7. The average molecular weight is 254 g/mol. The van der Waals surface area contributed by atoms with Crippen molar-refractivity contribution in [3.63, 3.8) is 0 Å². The van der Waals surface area contributed by atoms with Crippen LogP contribution in [-0.4, -0.2) is 47.1 Å². The molecule has 1 saturated carbocycles. The van der Waals surface area contributed by atoms with Gasteiger partial charge in [0.25, 0.3) is 0 Å². The van der Waals surface area contributed by atoms with Crippen LogP contribution < -0.4 is 5.32 Å². The van der Waals surface area contributed by atoms with Crippen molar-refractivity contribution >= 4 is 11.9 Å². The number of carbonyl (C=O) groups excluding carboxylic acids is 1. The van der Waals surface area contributed by atoms with Gasteiger partial charge in [-0.1, -0.05) is 12.8 Å². The van der Waals surface area contributed by atoms with E-state index < -0.39 is 5.97 Å². The molecule has 1 aliphatic carbocycles. The number of carboxylic acids is 1. The summed E-state index contributed by atoms with van der Waals surface area (Å²) in [7, 11) is 0. The van der Waals surface area contributed by atoms with E-state index in [2.05, 4.69) is 5.32 Å². The summed E-state index contributed by atoms with van der Waals surface area (Å²) in [6.07, 6.45) is 6.06. The van der Waals surface area contributed by atoms with Crippen molar-refractivity contribution in [3.05, 3.63) is 0 Å². The molecule has 2 N–H and O–H groups in total. The Morgan fingerprint density at radius 1 is 1.33 bits per heavy atom. The number of hydrogen-bond donors (Lipinski definition) is 2. The van der Waals surface area contributed by atoms with Crippen LogP contribution >= 0.6 is 0 Å². The van der Waals surface area contributed by atoms with Gasteiger partial charge < -0.3 is 15.3 Å². The lowest BCUT2D eigenvalue weighted by atomic mass is 10.1. The SMILES string of the molecule is O=C(O)CCC1NCCCN(C2CCCC2)C1=O. The predicted octanol–water partition coefficient (Wildman–Crippen LogP) is 0.984. The van der Waals surface area contributed by atoms with Crippen LogP contribution in [0.5, 0.6) is 0 Å². The normalized spacial score (nSPS) is 26.3. The summed E-state index contributed by atoms with van der Waals surface area (Å²) in [5.41, 5.74) is 0. The minimum absolute atomic E-state index is 0.0575. The molecule has 2 rings (SSSR count). The Balaban J connectivity index is 1.97. The number of nitrogens with one attached hydrogen (secondary N) is 1. The molecule has 1 heterocycles. The van der Waals surface area contributed by atoms with Crippen LogP contribution in [0.25, 0.3) is 0 Å². The highest BCUT2D eigenvalue weighted by Crippen LogP contribution is 2.25. The highest BCUT2D eigenvalue weighted by atomic mass is 16.4. The molecule has 0 aromatic rings. The molecular weight excluding hydrogens is 232 g/mol. The summed E-state index contributed by atoms with van der Waals surface area (Å²) in [4.78, 5) is 25.0. The minimum Gasteiger partial charge on any atom is -0.481 e. The summed E-state index contributed by atoms with van der Waals surface area (Å²) >= 11 is 0. The number of hydrogen-bond acceptors (Lipinski definition) is 3. The van der Waals surface area contributed by atoms with Gasteiger partial charge in [-0.2, -0.15) is 0 Å². The van der Waals surface area contributed by atoms with Gasteiger partial charge in [-0.05, 0) is 32.2 Å². The molecule has 0 spiro atoms. The topological polar surface area (TPSA) is 69.6 Å². The van der Waals surface area contributed by atoms with Crippen molar-refractivity contribution in [3.8, 4) is 0 Å². The Kier molecular flexibility index (Phi) is 4.58. The van der Waals surface area contributed by atoms with Crippen molar-refractivity contribution in [2.45, 2.75) is 57.0 Å². The molecule has 5 nitrogen and oxygen atoms in total. The third kappa shape index (κ3) is 3.22. The Hall–Kier alpha value is -1.10. The van der Waals surface area contributed by atoms with Crippen LogP contribution in [0.1, 0.15) is 44.9 Å². The highest BCUT2D eigenvalue weighted by Gasteiger charge is 2.32. The van der Waals surface area contributed by atoms with E-state index in [-0.39, 0.29) is 18.4 Å². The van der Waals surface area contributed by atoms with Crippen LogP contribution in [0.2, 0.25) is 0 Å². The largest absolute Gasteiger partial charge is 0.481 e. The summed E-state index contributed by atoms with van der Waals surface area (Å²) in [6, 6.07) is 0.0916. The van der Waals surface area contributed by atoms with Gasteiger partial charge in [-0.25, -0.2) is 0 Å². The first kappa shape index (κ1) is 13.3. The summed E-state index contributed by atoms with van der Waals surface area (Å²) in [5, 5.41) is 11.9. The molecular formula is C13H22N2O3. The first-order valence-electron chi connectivity index (χ1n) is 6.94. The molecule has 102 valence electrons. The third-order valence-corrected chi connectivity index (χ3v) is 3.96. The van der Waals surface area contributed by atoms with E-state index in [0.29, 0.717) is 12.5 Å². The first-order chi connectivity index (χ1) is 8.68. The fourth-order valence-corrected chi connectivity index (χ4v) is 3.00. The van der Waals surface area contributed by atoms with E-state index in [1.165, 1.54) is 12.8 Å². The van der Waals surface area contributed by atoms with Gasteiger partial charge in [0.2, 0.25) is 5.91 Å². The van der Waals surface area contributed by atoms with Crippen LogP contribution in [0.4, 0.5) is 0 Å². The predicted molar refractivity (Wildman–Crippen MR) is 67.2 cm³/mol. The third-order valence-electron chi connectivity index (χ3n) is 3.96. The van der Waals surface area contributed by atoms with Gasteiger partial charge in [-0.3, -0.25) is 9.59 Å². The molecule has 5 heteroatoms. The van der Waals surface area contributed by atoms with E-state index in [0.717, 1.165) is 32.4 Å². The molecule has 1 saturated heterocycles. The van der Waals surface area contributed by atoms with Gasteiger partial charge in [-0.15, -0.1) is 0 Å². The van der Waals surface area contributed by atoms with Gasteiger partial charge in [0.1, 0.15) is 0 Å². The summed E-state index contributed by atoms with van der Waals surface area (Å²) in [5.74, 6) is -0.720. The monoisotopic (exact) mass is 254 g/mol. The van der Waals surface area contributed by atoms with Crippen molar-refractivity contribution in [2.24, 2.45) is 0 Å². The molecule has 0 aromatic heterocycles. The van der Waals surface area contributed by atoms with Crippen molar-refractivity contribution in [1.82, 2.24) is 10.2 Å². The first-order valence-corrected chi connectivity index (χ1v) is 6.94. The Bertz CT molecular complexity index is 313. The van der Waals surface area contributed by atoms with Gasteiger partial charge in [0, 0.05) is 19.0 Å². The Morgan fingerprint density at radius 3 is 2.72 bits per heavy atom. The molecule has 2 aliphatic rings. The molecule has 1 aliphatic heterocycles. The second-order valence-electron chi connectivity index (χ2n) is 5.26. The van der Waals surface area contributed by atoms with E-state index in [1.54, 1.807) is 0 Å². The van der Waals surface area contributed by atoms with Crippen molar-refractivity contribution in [1.29, 1.82) is 0 Å². The molecule has 0 aromatic carbocycles. The maximum absolute atomic E-state index is 12.4. The maximum atomic E-state index is 12.4. The molecule has 1 amide bonds. The summed E-state index contributed by atoms with van der Waals surface area (Å²) in [6.45, 7) is 1.62. The van der Waals surface area contributed by atoms with E-state index in [1.807, 2.05) is 4.90 Å². The molecule has 18 heavy (non-hydrogen) atoms. The van der Waals surface area contributed by atoms with Gasteiger partial charge >= 0.3 is 5.97 Å². The zero-order chi connectivity index (χ0) is 13.0. The van der Waals surface area contributed by atoms with Gasteiger partial charge in [0.05, 0.1) is 6.04 Å². The lowest BCUT2D eigenvalue weighted by molar-refractivity contribution is -0.138. The van der Waals surface area contributed by atoms with E-state index >= 15 is 0 Å². The zero-order valence-corrected chi connectivity index (χ0v) is 10.7. The van der Waals surface area contributed by atoms with Crippen LogP contribution in [0.3, 0.4) is 0 Å².